The first-order valence-electron chi connectivity index (χ1n) is 5.51. The Bertz CT molecular complexity index is 565. The molecule has 0 radical (unpaired) electrons. The highest BCUT2D eigenvalue weighted by molar-refractivity contribution is 6.18. The van der Waals surface area contributed by atoms with Crippen molar-refractivity contribution in [1.29, 1.82) is 0 Å². The number of cyclic esters (lactones) is 2. The van der Waals surface area contributed by atoms with Crippen molar-refractivity contribution in [3.63, 3.8) is 0 Å². The molecule has 0 fully saturated rings. The fourth-order valence-electron chi connectivity index (χ4n) is 1.36. The van der Waals surface area contributed by atoms with E-state index in [1.54, 1.807) is 0 Å². The maximum atomic E-state index is 11.4. The maximum Gasteiger partial charge on any atom is 0.349 e. The van der Waals surface area contributed by atoms with Crippen LogP contribution >= 0.6 is 0 Å². The summed E-state index contributed by atoms with van der Waals surface area (Å²) in [6.45, 7) is -2.84. The van der Waals surface area contributed by atoms with Crippen LogP contribution in [0.3, 0.4) is 0 Å². The van der Waals surface area contributed by atoms with Gasteiger partial charge in [0.2, 0.25) is 5.91 Å². The fraction of sp³-hybridized carbons (Fsp3) is 0.100. The average Bonchev–Trinajstić information content (AvgIpc) is 2.54. The third-order valence-electron chi connectivity index (χ3n) is 1.92. The zero-order valence-electron chi connectivity index (χ0n) is 10.4. The Hall–Kier alpha value is -2.17. The van der Waals surface area contributed by atoms with Crippen LogP contribution in [0.25, 0.3) is 0 Å². The van der Waals surface area contributed by atoms with Crippen molar-refractivity contribution in [3.05, 3.63) is 29.3 Å². The minimum Gasteiger partial charge on any atom is -0.386 e. The number of hydrogen-bond acceptors (Lipinski definition) is 4. The quantitative estimate of drug-likeness (QED) is 0.551. The minimum absolute atomic E-state index is 0.00309. The Morgan fingerprint density at radius 2 is 2.20 bits per heavy atom. The van der Waals surface area contributed by atoms with E-state index >= 15 is 0 Å². The van der Waals surface area contributed by atoms with Crippen molar-refractivity contribution in [1.82, 2.24) is 0 Å². The summed E-state index contributed by atoms with van der Waals surface area (Å²) < 4.78 is 25.1. The van der Waals surface area contributed by atoms with Crippen molar-refractivity contribution in [2.45, 2.75) is 6.85 Å². The van der Waals surface area contributed by atoms with Crippen LogP contribution in [-0.4, -0.2) is 17.8 Å². The Morgan fingerprint density at radius 3 is 2.93 bits per heavy atom. The molecular formula is C10H7NO4. The van der Waals surface area contributed by atoms with Gasteiger partial charge in [-0.15, -0.1) is 0 Å². The summed E-state index contributed by atoms with van der Waals surface area (Å²) >= 11 is 0. The number of ether oxygens (including phenoxy) is 1. The molecule has 5 nitrogen and oxygen atoms in total. The lowest BCUT2D eigenvalue weighted by molar-refractivity contribution is -0.114. The molecule has 0 saturated heterocycles. The van der Waals surface area contributed by atoms with Gasteiger partial charge < -0.3 is 10.1 Å². The van der Waals surface area contributed by atoms with Gasteiger partial charge in [0.1, 0.15) is 0 Å². The molecular weight excluding hydrogens is 198 g/mol. The molecule has 1 amide bonds. The molecule has 0 saturated carbocycles. The molecule has 0 bridgehead atoms. The second-order valence-corrected chi connectivity index (χ2v) is 2.86. The molecule has 1 aromatic carbocycles. The molecule has 1 heterocycles. The number of carbonyl (C=O) groups excluding carboxylic acids is 3. The number of amides is 1. The van der Waals surface area contributed by atoms with Gasteiger partial charge in [0, 0.05) is 11.0 Å². The summed E-state index contributed by atoms with van der Waals surface area (Å²) in [5.74, 6) is -2.96. The summed E-state index contributed by atoms with van der Waals surface area (Å²) in [7, 11) is 0. The number of esters is 2. The van der Waals surface area contributed by atoms with Gasteiger partial charge in [-0.1, -0.05) is 6.07 Å². The molecule has 5 heteroatoms. The molecule has 76 valence electrons. The van der Waals surface area contributed by atoms with E-state index in [2.05, 4.69) is 10.1 Å². The number of carbonyl (C=O) groups is 3. The molecule has 0 aliphatic carbocycles. The lowest BCUT2D eigenvalue weighted by Crippen LogP contribution is -2.09. The number of benzene rings is 1. The molecule has 15 heavy (non-hydrogen) atoms. The Balaban J connectivity index is 2.40. The minimum atomic E-state index is -2.84. The van der Waals surface area contributed by atoms with Crippen LogP contribution in [0.5, 0.6) is 0 Å². The van der Waals surface area contributed by atoms with Crippen LogP contribution < -0.4 is 5.32 Å². The Kier molecular flexibility index (Phi) is 1.35. The van der Waals surface area contributed by atoms with Crippen LogP contribution in [0.2, 0.25) is 0 Å². The highest BCUT2D eigenvalue weighted by Crippen LogP contribution is 2.27. The number of anilines is 1. The first-order valence-corrected chi connectivity index (χ1v) is 4.01. The van der Waals surface area contributed by atoms with Gasteiger partial charge in [0.05, 0.1) is 16.8 Å². The van der Waals surface area contributed by atoms with E-state index in [1.165, 1.54) is 18.2 Å². The van der Waals surface area contributed by atoms with Gasteiger partial charge in [-0.05, 0) is 12.1 Å². The molecule has 2 rings (SSSR count). The molecule has 1 aliphatic heterocycles. The SMILES string of the molecule is [2H]C([2H])([2H])C(=O)Nc1cccc2c1C(=O)OC2=O. The van der Waals surface area contributed by atoms with Gasteiger partial charge in [-0.25, -0.2) is 9.59 Å². The average molecular weight is 208 g/mol. The summed E-state index contributed by atoms with van der Waals surface area (Å²) in [6.07, 6.45) is 0. The van der Waals surface area contributed by atoms with Crippen molar-refractivity contribution in [3.8, 4) is 0 Å². The predicted molar refractivity (Wildman–Crippen MR) is 50.5 cm³/mol. The lowest BCUT2D eigenvalue weighted by atomic mass is 10.1. The van der Waals surface area contributed by atoms with Crippen molar-refractivity contribution in [2.24, 2.45) is 0 Å². The van der Waals surface area contributed by atoms with Crippen LogP contribution in [0, 0.1) is 0 Å². The highest BCUT2D eigenvalue weighted by Gasteiger charge is 2.32. The fourth-order valence-corrected chi connectivity index (χ4v) is 1.36. The molecule has 0 aromatic heterocycles. The standard InChI is InChI=1S/C10H7NO4/c1-5(12)11-7-4-2-3-6-8(7)10(14)15-9(6)13/h2-4H,1H3,(H,11,12)/i1D3. The van der Waals surface area contributed by atoms with Crippen LogP contribution in [-0.2, 0) is 9.53 Å². The Labute approximate surface area is 89.2 Å². The Morgan fingerprint density at radius 1 is 1.40 bits per heavy atom. The number of fused-ring (bicyclic) bond motifs is 1. The van der Waals surface area contributed by atoms with Crippen LogP contribution in [0.4, 0.5) is 5.69 Å². The molecule has 0 unspecified atom stereocenters. The number of nitrogens with one attached hydrogen (secondary N) is 1. The molecule has 0 atom stereocenters. The summed E-state index contributed by atoms with van der Waals surface area (Å²) in [6, 6.07) is 4.09. The third-order valence-corrected chi connectivity index (χ3v) is 1.92. The van der Waals surface area contributed by atoms with Crippen molar-refractivity contribution >= 4 is 23.5 Å². The lowest BCUT2D eigenvalue weighted by Gasteiger charge is -2.03. The summed E-state index contributed by atoms with van der Waals surface area (Å²) in [4.78, 5) is 33.9. The first kappa shape index (κ1) is 6.34. The van der Waals surface area contributed by atoms with Gasteiger partial charge in [-0.2, -0.15) is 0 Å². The van der Waals surface area contributed by atoms with E-state index in [-0.39, 0.29) is 16.8 Å². The largest absolute Gasteiger partial charge is 0.386 e. The van der Waals surface area contributed by atoms with Crippen LogP contribution in [0.15, 0.2) is 18.2 Å². The molecule has 1 aliphatic rings. The normalized spacial score (nSPS) is 17.2. The van der Waals surface area contributed by atoms with Crippen LogP contribution in [0.1, 0.15) is 31.7 Å². The van der Waals surface area contributed by atoms with E-state index in [9.17, 15) is 14.4 Å². The third kappa shape index (κ3) is 1.48. The van der Waals surface area contributed by atoms with E-state index in [0.717, 1.165) is 0 Å². The smallest absolute Gasteiger partial charge is 0.349 e. The second-order valence-electron chi connectivity index (χ2n) is 2.86. The van der Waals surface area contributed by atoms with Gasteiger partial charge in [0.25, 0.3) is 0 Å². The second kappa shape index (κ2) is 3.20. The highest BCUT2D eigenvalue weighted by atomic mass is 16.6. The monoisotopic (exact) mass is 208 g/mol. The van der Waals surface area contributed by atoms with E-state index in [1.807, 2.05) is 0 Å². The zero-order chi connectivity index (χ0) is 13.5. The molecule has 1 aromatic rings. The zero-order valence-corrected chi connectivity index (χ0v) is 7.37. The van der Waals surface area contributed by atoms with E-state index in [0.29, 0.717) is 0 Å². The summed E-state index contributed by atoms with van der Waals surface area (Å²) in [5, 5.41) is 2.08. The van der Waals surface area contributed by atoms with Crippen molar-refractivity contribution < 1.29 is 23.2 Å². The maximum absolute atomic E-state index is 11.4. The first-order chi connectivity index (χ1) is 8.30. The number of hydrogen-bond donors (Lipinski definition) is 1. The van der Waals surface area contributed by atoms with Gasteiger partial charge in [0.15, 0.2) is 0 Å². The topological polar surface area (TPSA) is 72.5 Å². The summed E-state index contributed by atoms with van der Waals surface area (Å²) in [5.41, 5.74) is -0.173. The molecule has 1 N–H and O–H groups in total. The van der Waals surface area contributed by atoms with E-state index < -0.39 is 24.7 Å². The molecule has 0 spiro atoms. The number of rotatable bonds is 1. The van der Waals surface area contributed by atoms with Crippen molar-refractivity contribution in [2.75, 3.05) is 5.32 Å². The van der Waals surface area contributed by atoms with Gasteiger partial charge in [-0.3, -0.25) is 4.79 Å². The van der Waals surface area contributed by atoms with E-state index in [4.69, 9.17) is 4.11 Å². The van der Waals surface area contributed by atoms with Gasteiger partial charge >= 0.3 is 11.9 Å². The predicted octanol–water partition coefficient (Wildman–Crippen LogP) is 0.956.